The molecule has 9 heteroatoms. The molecule has 0 unspecified atom stereocenters. The van der Waals surface area contributed by atoms with Gasteiger partial charge in [-0.05, 0) is 24.3 Å². The Bertz CT molecular complexity index is 1120. The number of rotatable bonds is 6. The van der Waals surface area contributed by atoms with Crippen LogP contribution in [0.1, 0.15) is 0 Å². The summed E-state index contributed by atoms with van der Waals surface area (Å²) in [6.07, 6.45) is 3.43. The second-order valence-electron chi connectivity index (χ2n) is 6.91. The van der Waals surface area contributed by atoms with Crippen LogP contribution in [0.5, 0.6) is 0 Å². The molecule has 0 spiro atoms. The van der Waals surface area contributed by atoms with Gasteiger partial charge in [-0.15, -0.1) is 0 Å². The highest BCUT2D eigenvalue weighted by atomic mass is 16.5. The lowest BCUT2D eigenvalue weighted by molar-refractivity contribution is 0.0398. The predicted octanol–water partition coefficient (Wildman–Crippen LogP) is 2.39. The number of nitrogens with zero attached hydrogens (tertiary/aromatic N) is 5. The summed E-state index contributed by atoms with van der Waals surface area (Å²) >= 11 is 0. The van der Waals surface area contributed by atoms with Crippen LogP contribution in [0, 0.1) is 0 Å². The molecule has 0 radical (unpaired) electrons. The van der Waals surface area contributed by atoms with Gasteiger partial charge in [-0.2, -0.15) is 9.97 Å². The smallest absolute Gasteiger partial charge is 0.231 e. The van der Waals surface area contributed by atoms with E-state index < -0.39 is 0 Å². The number of benzene rings is 1. The van der Waals surface area contributed by atoms with Crippen LogP contribution in [0.15, 0.2) is 42.9 Å². The van der Waals surface area contributed by atoms with Gasteiger partial charge in [-0.1, -0.05) is 6.07 Å². The van der Waals surface area contributed by atoms with Crippen molar-refractivity contribution in [2.45, 2.75) is 0 Å². The van der Waals surface area contributed by atoms with Crippen LogP contribution in [0.2, 0.25) is 0 Å². The van der Waals surface area contributed by atoms with Crippen LogP contribution in [0.25, 0.3) is 22.1 Å². The van der Waals surface area contributed by atoms with Crippen molar-refractivity contribution in [1.82, 2.24) is 29.8 Å². The second-order valence-corrected chi connectivity index (χ2v) is 6.91. The number of anilines is 3. The minimum atomic E-state index is 0.502. The van der Waals surface area contributed by atoms with Crippen molar-refractivity contribution in [3.05, 3.63) is 42.9 Å². The summed E-state index contributed by atoms with van der Waals surface area (Å²) in [5.74, 6) is 1.24. The zero-order valence-electron chi connectivity index (χ0n) is 15.9. The van der Waals surface area contributed by atoms with Crippen LogP contribution in [0.4, 0.5) is 17.5 Å². The maximum Gasteiger partial charge on any atom is 0.231 e. The summed E-state index contributed by atoms with van der Waals surface area (Å²) < 4.78 is 5.40. The molecule has 3 N–H and O–H groups in total. The molecule has 148 valence electrons. The molecule has 1 saturated heterocycles. The zero-order valence-corrected chi connectivity index (χ0v) is 15.9. The van der Waals surface area contributed by atoms with E-state index in [-0.39, 0.29) is 0 Å². The van der Waals surface area contributed by atoms with Crippen LogP contribution < -0.4 is 10.6 Å². The van der Waals surface area contributed by atoms with E-state index in [2.05, 4.69) is 40.5 Å². The van der Waals surface area contributed by atoms with Gasteiger partial charge in [0.1, 0.15) is 5.52 Å². The van der Waals surface area contributed by atoms with E-state index in [1.165, 1.54) is 0 Å². The van der Waals surface area contributed by atoms with Crippen molar-refractivity contribution in [2.75, 3.05) is 50.0 Å². The largest absolute Gasteiger partial charge is 0.379 e. The van der Waals surface area contributed by atoms with E-state index in [0.717, 1.165) is 67.3 Å². The van der Waals surface area contributed by atoms with Crippen molar-refractivity contribution < 1.29 is 4.74 Å². The number of morpholine rings is 1. The number of H-pyrrole nitrogens is 1. The normalized spacial score (nSPS) is 15.0. The van der Waals surface area contributed by atoms with E-state index in [9.17, 15) is 0 Å². The molecule has 1 fully saturated rings. The molecule has 29 heavy (non-hydrogen) atoms. The molecule has 5 rings (SSSR count). The van der Waals surface area contributed by atoms with Gasteiger partial charge in [0, 0.05) is 43.4 Å². The van der Waals surface area contributed by atoms with Gasteiger partial charge < -0.3 is 20.4 Å². The molecule has 4 heterocycles. The maximum absolute atomic E-state index is 5.40. The summed E-state index contributed by atoms with van der Waals surface area (Å²) in [5.41, 5.74) is 3.28. The molecule has 0 saturated carbocycles. The van der Waals surface area contributed by atoms with Gasteiger partial charge in [0.2, 0.25) is 5.95 Å². The minimum absolute atomic E-state index is 0.502. The third-order valence-electron chi connectivity index (χ3n) is 4.97. The standard InChI is InChI=1S/C20H22N8O/c1-2-14-12-15(3-4-16(14)21-5-1)25-20-26-18(17-19(27-20)24-13-23-17)22-6-7-28-8-10-29-11-9-28/h1-5,12-13H,6-11H2,(H3,22,23,24,25,26,27). The molecule has 0 amide bonds. The zero-order chi connectivity index (χ0) is 19.5. The van der Waals surface area contributed by atoms with Gasteiger partial charge in [-0.25, -0.2) is 4.98 Å². The second kappa shape index (κ2) is 7.98. The van der Waals surface area contributed by atoms with Crippen molar-refractivity contribution in [3.63, 3.8) is 0 Å². The Hall–Kier alpha value is -3.30. The van der Waals surface area contributed by atoms with Gasteiger partial charge >= 0.3 is 0 Å². The summed E-state index contributed by atoms with van der Waals surface area (Å²) in [7, 11) is 0. The van der Waals surface area contributed by atoms with Crippen LogP contribution in [-0.4, -0.2) is 69.2 Å². The molecule has 9 nitrogen and oxygen atoms in total. The fraction of sp³-hybridized carbons (Fsp3) is 0.300. The first-order valence-corrected chi connectivity index (χ1v) is 9.72. The van der Waals surface area contributed by atoms with Gasteiger partial charge in [0.05, 0.1) is 25.1 Å². The monoisotopic (exact) mass is 390 g/mol. The first-order valence-electron chi connectivity index (χ1n) is 9.72. The molecule has 3 aromatic heterocycles. The number of nitrogens with one attached hydrogen (secondary N) is 3. The van der Waals surface area contributed by atoms with E-state index >= 15 is 0 Å². The van der Waals surface area contributed by atoms with Crippen LogP contribution >= 0.6 is 0 Å². The van der Waals surface area contributed by atoms with E-state index in [1.54, 1.807) is 12.5 Å². The molecular formula is C20H22N8O. The first-order chi connectivity index (χ1) is 14.3. The highest BCUT2D eigenvalue weighted by molar-refractivity contribution is 5.85. The van der Waals surface area contributed by atoms with Crippen LogP contribution in [-0.2, 0) is 4.74 Å². The van der Waals surface area contributed by atoms with Crippen molar-refractivity contribution in [1.29, 1.82) is 0 Å². The summed E-state index contributed by atoms with van der Waals surface area (Å²) in [6.45, 7) is 5.25. The van der Waals surface area contributed by atoms with E-state index in [4.69, 9.17) is 4.74 Å². The Morgan fingerprint density at radius 1 is 1.10 bits per heavy atom. The third-order valence-corrected chi connectivity index (χ3v) is 4.97. The maximum atomic E-state index is 5.40. The fourth-order valence-electron chi connectivity index (χ4n) is 3.46. The number of aromatic nitrogens is 5. The molecule has 0 bridgehead atoms. The Balaban J connectivity index is 1.34. The molecule has 0 atom stereocenters. The lowest BCUT2D eigenvalue weighted by Gasteiger charge is -2.26. The summed E-state index contributed by atoms with van der Waals surface area (Å²) in [4.78, 5) is 23.4. The highest BCUT2D eigenvalue weighted by Gasteiger charge is 2.13. The Morgan fingerprint density at radius 3 is 2.97 bits per heavy atom. The van der Waals surface area contributed by atoms with Gasteiger partial charge in [-0.3, -0.25) is 9.88 Å². The first kappa shape index (κ1) is 17.8. The van der Waals surface area contributed by atoms with Crippen molar-refractivity contribution >= 4 is 39.5 Å². The van der Waals surface area contributed by atoms with Crippen LogP contribution in [0.3, 0.4) is 0 Å². The molecule has 1 aromatic carbocycles. The van der Waals surface area contributed by atoms with E-state index in [0.29, 0.717) is 11.6 Å². The molecule has 0 aliphatic carbocycles. The molecular weight excluding hydrogens is 368 g/mol. The Labute approximate surface area is 167 Å². The predicted molar refractivity (Wildman–Crippen MR) is 112 cm³/mol. The number of hydrogen-bond acceptors (Lipinski definition) is 8. The molecule has 1 aliphatic rings. The van der Waals surface area contributed by atoms with Crippen molar-refractivity contribution in [3.8, 4) is 0 Å². The number of pyridine rings is 1. The van der Waals surface area contributed by atoms with Gasteiger partial charge in [0.15, 0.2) is 11.5 Å². The minimum Gasteiger partial charge on any atom is -0.379 e. The molecule has 1 aliphatic heterocycles. The lowest BCUT2D eigenvalue weighted by atomic mass is 10.2. The highest BCUT2D eigenvalue weighted by Crippen LogP contribution is 2.23. The fourth-order valence-corrected chi connectivity index (χ4v) is 3.46. The average Bonchev–Trinajstić information content (AvgIpc) is 3.23. The Kier molecular flexibility index (Phi) is 4.89. The number of imidazole rings is 1. The number of fused-ring (bicyclic) bond motifs is 2. The number of aromatic amines is 1. The van der Waals surface area contributed by atoms with Crippen molar-refractivity contribution in [2.24, 2.45) is 0 Å². The summed E-state index contributed by atoms with van der Waals surface area (Å²) in [6, 6.07) is 9.94. The Morgan fingerprint density at radius 2 is 2.03 bits per heavy atom. The van der Waals surface area contributed by atoms with E-state index in [1.807, 2.05) is 30.3 Å². The molecule has 4 aromatic rings. The lowest BCUT2D eigenvalue weighted by Crippen LogP contribution is -2.39. The quantitative estimate of drug-likeness (QED) is 0.461. The average molecular weight is 390 g/mol. The summed E-state index contributed by atoms with van der Waals surface area (Å²) in [5, 5.41) is 7.77. The number of hydrogen-bond donors (Lipinski definition) is 3. The SMILES string of the molecule is c1cnc2ccc(Nc3nc(NCCN4CCOCC4)c4[nH]cnc4n3)cc2c1. The third kappa shape index (κ3) is 3.96. The number of ether oxygens (including phenoxy) is 1. The van der Waals surface area contributed by atoms with Gasteiger partial charge in [0.25, 0.3) is 0 Å². The topological polar surface area (TPSA) is 104 Å².